The number of rotatable bonds is 13. The summed E-state index contributed by atoms with van der Waals surface area (Å²) in [6.07, 6.45) is -2.46. The quantitative estimate of drug-likeness (QED) is 0.0824. The van der Waals surface area contributed by atoms with Crippen molar-refractivity contribution in [1.82, 2.24) is 35.8 Å². The molecule has 19 heteroatoms. The van der Waals surface area contributed by atoms with Crippen molar-refractivity contribution in [2.75, 3.05) is 37.9 Å². The minimum atomic E-state index is -5.14. The third kappa shape index (κ3) is 10.7. The Labute approximate surface area is 331 Å². The lowest BCUT2D eigenvalue weighted by Crippen LogP contribution is -2.51. The first-order valence-electron chi connectivity index (χ1n) is 18.4. The molecule has 15 nitrogen and oxygen atoms in total. The second-order valence-corrected chi connectivity index (χ2v) is 14.2. The number of imidazole rings is 1. The van der Waals surface area contributed by atoms with Crippen molar-refractivity contribution in [3.8, 4) is 28.1 Å². The molecule has 1 saturated heterocycles. The van der Waals surface area contributed by atoms with Crippen LogP contribution in [0, 0.1) is 17.7 Å². The Bertz CT molecular complexity index is 2090. The number of nitrogens with one attached hydrogen (secondary N) is 6. The zero-order valence-corrected chi connectivity index (χ0v) is 32.6. The van der Waals surface area contributed by atoms with Gasteiger partial charge in [0, 0.05) is 44.0 Å². The van der Waals surface area contributed by atoms with Gasteiger partial charge >= 0.3 is 18.5 Å². The number of carbonyl (C=O) groups is 4. The maximum absolute atomic E-state index is 15.5. The molecular formula is C39H45F4N9O6. The second kappa shape index (κ2) is 18.2. The van der Waals surface area contributed by atoms with Crippen molar-refractivity contribution in [3.05, 3.63) is 78.1 Å². The van der Waals surface area contributed by atoms with Crippen molar-refractivity contribution < 1.29 is 46.2 Å². The summed E-state index contributed by atoms with van der Waals surface area (Å²) in [7, 11) is 2.71. The Morgan fingerprint density at radius 2 is 1.69 bits per heavy atom. The van der Waals surface area contributed by atoms with E-state index < -0.39 is 47.7 Å². The van der Waals surface area contributed by atoms with Gasteiger partial charge in [-0.1, -0.05) is 45.0 Å². The third-order valence-corrected chi connectivity index (χ3v) is 9.37. The van der Waals surface area contributed by atoms with Crippen LogP contribution in [0.15, 0.2) is 60.9 Å². The Morgan fingerprint density at radius 1 is 0.983 bits per heavy atom. The standard InChI is InChI=1S/C39H45F4N9O6/c1-20(2)33(51-38(56)57-6)36(54)52-19-21(3)13-30(52)34-47-18-29(49-34)24-9-7-23(8-10-24)26-14-27(40)28(15-31(26)58-39(41,42)43)50-35(53)25-11-12-32(46-17-25)45-16-22(4)48-37(55)44-5/h7-12,14-15,17-18,20-22,30,33H,13,16,19H2,1-6H3,(H,45,46)(H,47,49)(H,50,53)(H,51,56)(H2,44,48,55)/t21-,22-,30-,33-/m0/s1. The highest BCUT2D eigenvalue weighted by molar-refractivity contribution is 6.04. The average molecular weight is 812 g/mol. The summed E-state index contributed by atoms with van der Waals surface area (Å²) in [6.45, 7) is 8.18. The maximum Gasteiger partial charge on any atom is 0.573 e. The molecule has 0 spiro atoms. The molecule has 0 unspecified atom stereocenters. The van der Waals surface area contributed by atoms with Gasteiger partial charge in [0.05, 0.1) is 36.3 Å². The van der Waals surface area contributed by atoms with Crippen LogP contribution < -0.4 is 31.3 Å². The number of pyridine rings is 1. The zero-order valence-electron chi connectivity index (χ0n) is 32.6. The number of aromatic nitrogens is 3. The van der Waals surface area contributed by atoms with Crippen LogP contribution in [0.4, 0.5) is 38.7 Å². The fourth-order valence-corrected chi connectivity index (χ4v) is 6.42. The molecule has 1 aliphatic rings. The first kappa shape index (κ1) is 42.7. The molecule has 4 aromatic rings. The van der Waals surface area contributed by atoms with Crippen LogP contribution in [-0.4, -0.2) is 89.5 Å². The Kier molecular flexibility index (Phi) is 13.4. The van der Waals surface area contributed by atoms with E-state index in [4.69, 9.17) is 4.74 Å². The summed E-state index contributed by atoms with van der Waals surface area (Å²) in [4.78, 5) is 63.7. The summed E-state index contributed by atoms with van der Waals surface area (Å²) in [5, 5.41) is 13.0. The maximum atomic E-state index is 15.5. The predicted octanol–water partition coefficient (Wildman–Crippen LogP) is 6.45. The Hall–Kier alpha value is -6.40. The number of hydrogen-bond acceptors (Lipinski definition) is 9. The molecular weight excluding hydrogens is 766 g/mol. The first-order chi connectivity index (χ1) is 27.5. The van der Waals surface area contributed by atoms with Crippen LogP contribution in [-0.2, 0) is 9.53 Å². The van der Waals surface area contributed by atoms with Crippen LogP contribution in [0.1, 0.15) is 56.3 Å². The van der Waals surface area contributed by atoms with E-state index >= 15 is 4.39 Å². The lowest BCUT2D eigenvalue weighted by Gasteiger charge is -2.30. The number of H-pyrrole nitrogens is 1. The van der Waals surface area contributed by atoms with Crippen molar-refractivity contribution >= 4 is 35.4 Å². The van der Waals surface area contributed by atoms with Gasteiger partial charge in [0.15, 0.2) is 0 Å². The van der Waals surface area contributed by atoms with Crippen LogP contribution in [0.2, 0.25) is 0 Å². The summed E-state index contributed by atoms with van der Waals surface area (Å²) >= 11 is 0. The highest BCUT2D eigenvalue weighted by Gasteiger charge is 2.40. The largest absolute Gasteiger partial charge is 0.573 e. The SMILES string of the molecule is CNC(=O)N[C@@H](C)CNc1ccc(C(=O)Nc2cc(OC(F)(F)F)c(-c3ccc(-c4cnc([C@@H]5C[C@H](C)CN5C(=O)[C@@H](NC(=O)OC)C(C)C)[nH]4)cc3)cc2F)cn1. The average Bonchev–Trinajstić information content (AvgIpc) is 3.83. The fourth-order valence-electron chi connectivity index (χ4n) is 6.42. The van der Waals surface area contributed by atoms with E-state index in [1.807, 2.05) is 20.8 Å². The summed E-state index contributed by atoms with van der Waals surface area (Å²) in [5.74, 6) is -2.05. The van der Waals surface area contributed by atoms with E-state index in [0.717, 1.165) is 12.1 Å². The number of anilines is 2. The molecule has 1 aliphatic heterocycles. The van der Waals surface area contributed by atoms with E-state index in [1.54, 1.807) is 30.2 Å². The molecule has 5 rings (SSSR count). The van der Waals surface area contributed by atoms with Gasteiger partial charge in [-0.2, -0.15) is 0 Å². The molecule has 1 fully saturated rings. The number of benzene rings is 2. The number of urea groups is 1. The number of alkyl carbamates (subject to hydrolysis) is 1. The van der Waals surface area contributed by atoms with Crippen LogP contribution >= 0.6 is 0 Å². The van der Waals surface area contributed by atoms with Crippen LogP contribution in [0.3, 0.4) is 0 Å². The molecule has 58 heavy (non-hydrogen) atoms. The number of alkyl halides is 3. The van der Waals surface area contributed by atoms with E-state index in [1.165, 1.54) is 44.6 Å². The van der Waals surface area contributed by atoms with Gasteiger partial charge in [-0.25, -0.2) is 23.9 Å². The van der Waals surface area contributed by atoms with Crippen molar-refractivity contribution in [2.24, 2.45) is 11.8 Å². The Morgan fingerprint density at radius 3 is 2.31 bits per heavy atom. The summed E-state index contributed by atoms with van der Waals surface area (Å²) < 4.78 is 65.3. The highest BCUT2D eigenvalue weighted by atomic mass is 19.4. The minimum Gasteiger partial charge on any atom is -0.453 e. The zero-order chi connectivity index (χ0) is 42.3. The molecule has 4 atom stereocenters. The van der Waals surface area contributed by atoms with Gasteiger partial charge in [-0.15, -0.1) is 13.2 Å². The number of methoxy groups -OCH3 is 1. The van der Waals surface area contributed by atoms with E-state index in [2.05, 4.69) is 46.3 Å². The van der Waals surface area contributed by atoms with Gasteiger partial charge in [0.25, 0.3) is 5.91 Å². The molecule has 2 aromatic carbocycles. The summed E-state index contributed by atoms with van der Waals surface area (Å²) in [5.41, 5.74) is 0.566. The lowest BCUT2D eigenvalue weighted by atomic mass is 10.0. The fraction of sp³-hybridized carbons (Fsp3) is 0.385. The number of halogens is 4. The highest BCUT2D eigenvalue weighted by Crippen LogP contribution is 2.39. The smallest absolute Gasteiger partial charge is 0.453 e. The number of carbonyl (C=O) groups excluding carboxylic acids is 4. The van der Waals surface area contributed by atoms with Crippen molar-refractivity contribution in [1.29, 1.82) is 0 Å². The molecule has 6 N–H and O–H groups in total. The third-order valence-electron chi connectivity index (χ3n) is 9.37. The van der Waals surface area contributed by atoms with Crippen LogP contribution in [0.5, 0.6) is 5.75 Å². The predicted molar refractivity (Wildman–Crippen MR) is 206 cm³/mol. The lowest BCUT2D eigenvalue weighted by molar-refractivity contribution is -0.274. The van der Waals surface area contributed by atoms with Crippen molar-refractivity contribution in [3.63, 3.8) is 0 Å². The normalized spacial score (nSPS) is 16.3. The van der Waals surface area contributed by atoms with Gasteiger partial charge in [0.1, 0.15) is 29.3 Å². The summed E-state index contributed by atoms with van der Waals surface area (Å²) in [6, 6.07) is 8.82. The van der Waals surface area contributed by atoms with Gasteiger partial charge in [0.2, 0.25) is 5.91 Å². The number of nitrogens with zero attached hydrogens (tertiary/aromatic N) is 3. The molecule has 0 aliphatic carbocycles. The van der Waals surface area contributed by atoms with Gasteiger partial charge < -0.3 is 45.9 Å². The van der Waals surface area contributed by atoms with E-state index in [0.29, 0.717) is 42.4 Å². The van der Waals surface area contributed by atoms with Crippen molar-refractivity contribution in [2.45, 2.75) is 58.6 Å². The number of ether oxygens (including phenoxy) is 2. The minimum absolute atomic E-state index is 0.00141. The first-order valence-corrected chi connectivity index (χ1v) is 18.4. The molecule has 0 saturated carbocycles. The van der Waals surface area contributed by atoms with Gasteiger partial charge in [-0.3, -0.25) is 9.59 Å². The molecule has 5 amide bonds. The van der Waals surface area contributed by atoms with E-state index in [-0.39, 0.29) is 46.5 Å². The molecule has 310 valence electrons. The monoisotopic (exact) mass is 811 g/mol. The van der Waals surface area contributed by atoms with E-state index in [9.17, 15) is 32.3 Å². The molecule has 0 bridgehead atoms. The Balaban J connectivity index is 1.32. The second-order valence-electron chi connectivity index (χ2n) is 14.2. The van der Waals surface area contributed by atoms with Crippen LogP contribution in [0.25, 0.3) is 22.4 Å². The molecule has 3 heterocycles. The number of aromatic amines is 1. The number of likely N-dealkylation sites (tertiary alicyclic amines) is 1. The van der Waals surface area contributed by atoms with Gasteiger partial charge in [-0.05, 0) is 54.5 Å². The molecule has 2 aromatic heterocycles. The number of amides is 5. The number of hydrogen-bond donors (Lipinski definition) is 6. The molecule has 0 radical (unpaired) electrons. The topological polar surface area (TPSA) is 192 Å².